The maximum absolute atomic E-state index is 13.6. The van der Waals surface area contributed by atoms with Gasteiger partial charge < -0.3 is 20.5 Å². The normalized spacial score (nSPS) is 14.1. The smallest absolute Gasteiger partial charge is 0.281 e. The summed E-state index contributed by atoms with van der Waals surface area (Å²) in [5.74, 6) is -0.537. The lowest BCUT2D eigenvalue weighted by Crippen LogP contribution is -2.47. The van der Waals surface area contributed by atoms with E-state index < -0.39 is 37.9 Å². The fourth-order valence-corrected chi connectivity index (χ4v) is 6.37. The first-order chi connectivity index (χ1) is 17.3. The number of phenols is 1. The minimum Gasteiger partial charge on any atom is -0.506 e. The molecule has 0 unspecified atom stereocenters. The number of nitrogens with one attached hydrogen (secondary N) is 1. The van der Waals surface area contributed by atoms with Crippen molar-refractivity contribution in [3.63, 3.8) is 0 Å². The van der Waals surface area contributed by atoms with Gasteiger partial charge in [-0.1, -0.05) is 44.2 Å². The second kappa shape index (κ2) is 11.6. The fraction of sp³-hybridized carbons (Fsp3) is 0.375. The SMILES string of the molecule is CC(C)CN(C[C@@H](O)[C@@H](N)Cc1ccccc1)S(=O)(=O)c1ccc(O)c(NS(=O)(=O)c2cn(C)cn2)c1. The molecule has 0 fully saturated rings. The fourth-order valence-electron chi connectivity index (χ4n) is 3.68. The number of phenolic OH excluding ortho intramolecular Hbond substituents is 1. The number of nitrogens with two attached hydrogens (primary N) is 1. The van der Waals surface area contributed by atoms with Crippen molar-refractivity contribution in [3.8, 4) is 5.75 Å². The highest BCUT2D eigenvalue weighted by molar-refractivity contribution is 7.92. The number of aromatic hydroxyl groups is 1. The van der Waals surface area contributed by atoms with E-state index in [1.54, 1.807) is 7.05 Å². The van der Waals surface area contributed by atoms with E-state index in [4.69, 9.17) is 5.73 Å². The molecule has 2 atom stereocenters. The Hall–Kier alpha value is -2.97. The highest BCUT2D eigenvalue weighted by atomic mass is 32.2. The minimum atomic E-state index is -4.20. The van der Waals surface area contributed by atoms with Crippen LogP contribution in [0.25, 0.3) is 0 Å². The average Bonchev–Trinajstić information content (AvgIpc) is 3.27. The maximum atomic E-state index is 13.6. The van der Waals surface area contributed by atoms with E-state index in [0.717, 1.165) is 22.0 Å². The van der Waals surface area contributed by atoms with Gasteiger partial charge in [0.25, 0.3) is 10.0 Å². The largest absolute Gasteiger partial charge is 0.506 e. The molecule has 13 heteroatoms. The van der Waals surface area contributed by atoms with Crippen molar-refractivity contribution in [1.29, 1.82) is 0 Å². The van der Waals surface area contributed by atoms with Crippen LogP contribution in [-0.2, 0) is 33.5 Å². The summed E-state index contributed by atoms with van der Waals surface area (Å²) in [4.78, 5) is 3.53. The number of benzene rings is 2. The molecule has 0 aliphatic carbocycles. The number of anilines is 1. The van der Waals surface area contributed by atoms with Gasteiger partial charge in [0.05, 0.1) is 23.0 Å². The lowest BCUT2D eigenvalue weighted by atomic mass is 10.0. The zero-order chi connectivity index (χ0) is 27.4. The Morgan fingerprint density at radius 1 is 1.08 bits per heavy atom. The zero-order valence-electron chi connectivity index (χ0n) is 20.9. The van der Waals surface area contributed by atoms with Gasteiger partial charge in [0.2, 0.25) is 10.0 Å². The van der Waals surface area contributed by atoms with Gasteiger partial charge in [-0.15, -0.1) is 0 Å². The molecule has 5 N–H and O–H groups in total. The van der Waals surface area contributed by atoms with Crippen molar-refractivity contribution in [2.24, 2.45) is 18.7 Å². The van der Waals surface area contributed by atoms with E-state index in [1.165, 1.54) is 23.2 Å². The van der Waals surface area contributed by atoms with Crippen molar-refractivity contribution in [1.82, 2.24) is 13.9 Å². The van der Waals surface area contributed by atoms with Crippen molar-refractivity contribution < 1.29 is 27.0 Å². The Morgan fingerprint density at radius 2 is 1.76 bits per heavy atom. The molecule has 1 aromatic heterocycles. The van der Waals surface area contributed by atoms with Crippen LogP contribution < -0.4 is 10.5 Å². The van der Waals surface area contributed by atoms with Crippen LogP contribution in [-0.4, -0.2) is 66.1 Å². The van der Waals surface area contributed by atoms with Gasteiger partial charge in [-0.25, -0.2) is 13.4 Å². The standard InChI is InChI=1S/C24H33N5O6S2/c1-17(2)13-29(14-23(31)20(25)11-18-7-5-4-6-8-18)37(34,35)19-9-10-22(30)21(12-19)27-36(32,33)24-15-28(3)16-26-24/h4-10,12,15-17,20,23,27,30-31H,11,13-14,25H2,1-3H3/t20-,23+/m0/s1. The lowest BCUT2D eigenvalue weighted by molar-refractivity contribution is 0.116. The van der Waals surface area contributed by atoms with Gasteiger partial charge in [-0.05, 0) is 36.1 Å². The average molecular weight is 552 g/mol. The van der Waals surface area contributed by atoms with Gasteiger partial charge in [-0.2, -0.15) is 12.7 Å². The molecule has 0 bridgehead atoms. The molecule has 0 amide bonds. The lowest BCUT2D eigenvalue weighted by Gasteiger charge is -2.29. The van der Waals surface area contributed by atoms with E-state index in [9.17, 15) is 27.0 Å². The van der Waals surface area contributed by atoms with Crippen LogP contribution in [0, 0.1) is 5.92 Å². The molecule has 1 heterocycles. The molecule has 11 nitrogen and oxygen atoms in total. The van der Waals surface area contributed by atoms with Gasteiger partial charge in [0.1, 0.15) is 5.75 Å². The predicted molar refractivity (Wildman–Crippen MR) is 140 cm³/mol. The van der Waals surface area contributed by atoms with Crippen LogP contribution in [0.15, 0.2) is 71.0 Å². The molecular weight excluding hydrogens is 518 g/mol. The molecule has 0 radical (unpaired) electrons. The first kappa shape index (κ1) is 28.6. The predicted octanol–water partition coefficient (Wildman–Crippen LogP) is 1.50. The number of aromatic nitrogens is 2. The number of hydrogen-bond donors (Lipinski definition) is 4. The number of aryl methyl sites for hydroxylation is 1. The minimum absolute atomic E-state index is 0.0773. The highest BCUT2D eigenvalue weighted by Crippen LogP contribution is 2.30. The van der Waals surface area contributed by atoms with Crippen molar-refractivity contribution >= 4 is 25.7 Å². The second-order valence-corrected chi connectivity index (χ2v) is 12.9. The van der Waals surface area contributed by atoms with Crippen LogP contribution in [0.5, 0.6) is 5.75 Å². The van der Waals surface area contributed by atoms with Crippen LogP contribution in [0.3, 0.4) is 0 Å². The first-order valence-electron chi connectivity index (χ1n) is 11.6. The van der Waals surface area contributed by atoms with Crippen molar-refractivity contribution in [2.75, 3.05) is 17.8 Å². The Kier molecular flexibility index (Phi) is 8.97. The van der Waals surface area contributed by atoms with Crippen LogP contribution in [0.1, 0.15) is 19.4 Å². The Bertz CT molecular complexity index is 1410. The molecule has 0 saturated carbocycles. The highest BCUT2D eigenvalue weighted by Gasteiger charge is 2.30. The third kappa shape index (κ3) is 7.29. The molecule has 2 aromatic carbocycles. The Labute approximate surface area is 217 Å². The van der Waals surface area contributed by atoms with Gasteiger partial charge in [-0.3, -0.25) is 4.72 Å². The summed E-state index contributed by atoms with van der Waals surface area (Å²) in [5, 5.41) is 20.7. The number of nitrogens with zero attached hydrogens (tertiary/aromatic N) is 3. The number of rotatable bonds is 12. The van der Waals surface area contributed by atoms with E-state index >= 15 is 0 Å². The molecule has 202 valence electrons. The molecule has 37 heavy (non-hydrogen) atoms. The summed E-state index contributed by atoms with van der Waals surface area (Å²) in [7, 11) is -6.79. The number of imidazole rings is 1. The van der Waals surface area contributed by atoms with Crippen LogP contribution in [0.4, 0.5) is 5.69 Å². The maximum Gasteiger partial charge on any atom is 0.281 e. The van der Waals surface area contributed by atoms with Crippen LogP contribution in [0.2, 0.25) is 0 Å². The van der Waals surface area contributed by atoms with Crippen molar-refractivity contribution in [2.45, 2.75) is 42.3 Å². The number of hydrogen-bond acceptors (Lipinski definition) is 8. The number of aliphatic hydroxyl groups excluding tert-OH is 1. The molecule has 3 rings (SSSR count). The second-order valence-electron chi connectivity index (χ2n) is 9.30. The number of sulfonamides is 2. The summed E-state index contributed by atoms with van der Waals surface area (Å²) in [6.07, 6.45) is 1.76. The molecule has 0 aliphatic rings. The summed E-state index contributed by atoms with van der Waals surface area (Å²) >= 11 is 0. The molecule has 0 aliphatic heterocycles. The van der Waals surface area contributed by atoms with Crippen LogP contribution >= 0.6 is 0 Å². The number of aliphatic hydroxyl groups is 1. The van der Waals surface area contributed by atoms with Gasteiger partial charge in [0.15, 0.2) is 5.03 Å². The van der Waals surface area contributed by atoms with E-state index in [1.807, 2.05) is 44.2 Å². The molecule has 0 saturated heterocycles. The third-order valence-corrected chi connectivity index (χ3v) is 8.65. The van der Waals surface area contributed by atoms with Crippen molar-refractivity contribution in [3.05, 3.63) is 66.6 Å². The third-order valence-electron chi connectivity index (χ3n) is 5.57. The van der Waals surface area contributed by atoms with Gasteiger partial charge in [0, 0.05) is 32.4 Å². The van der Waals surface area contributed by atoms with E-state index in [-0.39, 0.29) is 34.6 Å². The first-order valence-corrected chi connectivity index (χ1v) is 14.5. The Balaban J connectivity index is 1.86. The molecule has 3 aromatic rings. The topological polar surface area (TPSA) is 168 Å². The summed E-state index contributed by atoms with van der Waals surface area (Å²) in [6, 6.07) is 11.9. The van der Waals surface area contributed by atoms with Gasteiger partial charge >= 0.3 is 0 Å². The molecule has 0 spiro atoms. The monoisotopic (exact) mass is 551 g/mol. The summed E-state index contributed by atoms with van der Waals surface area (Å²) < 4.78 is 57.3. The zero-order valence-corrected chi connectivity index (χ0v) is 22.5. The quantitative estimate of drug-likeness (QED) is 0.246. The van der Waals surface area contributed by atoms with E-state index in [2.05, 4.69) is 9.71 Å². The summed E-state index contributed by atoms with van der Waals surface area (Å²) in [6.45, 7) is 3.50. The Morgan fingerprint density at radius 3 is 2.35 bits per heavy atom. The molecular formula is C24H33N5O6S2. The van der Waals surface area contributed by atoms with E-state index in [0.29, 0.717) is 6.42 Å². The summed E-state index contributed by atoms with van der Waals surface area (Å²) in [5.41, 5.74) is 6.78.